The average molecular weight is 711 g/mol. The first-order valence-corrected chi connectivity index (χ1v) is 16.7. The molecule has 0 saturated carbocycles. The Bertz CT molecular complexity index is 826. The van der Waals surface area contributed by atoms with Crippen molar-refractivity contribution >= 4 is 5.69 Å². The summed E-state index contributed by atoms with van der Waals surface area (Å²) in [5, 5.41) is 10.6. The second kappa shape index (κ2) is 37.2. The van der Waals surface area contributed by atoms with Gasteiger partial charge in [-0.3, -0.25) is 10.1 Å². The lowest BCUT2D eigenvalue weighted by Gasteiger charge is -2.09. The number of hydrogen-bond donors (Lipinski definition) is 1. The van der Waals surface area contributed by atoms with Crippen LogP contribution in [0.4, 0.5) is 5.69 Å². The molecule has 286 valence electrons. The lowest BCUT2D eigenvalue weighted by Crippen LogP contribution is -2.16. The summed E-state index contributed by atoms with van der Waals surface area (Å²) in [5.74, 6) is 0.554. The number of nitro groups is 1. The minimum absolute atomic E-state index is 0.0241. The second-order valence-corrected chi connectivity index (χ2v) is 9.74. The quantitative estimate of drug-likeness (QED) is 0.0579. The summed E-state index contributed by atoms with van der Waals surface area (Å²) in [5.41, 5.74) is 5.35. The number of hydrogen-bond acceptors (Lipinski definition) is 16. The molecule has 1 rings (SSSR count). The van der Waals surface area contributed by atoms with E-state index in [1.54, 1.807) is 12.1 Å². The molecule has 0 radical (unpaired) electrons. The highest BCUT2D eigenvalue weighted by Gasteiger charge is 2.04. The summed E-state index contributed by atoms with van der Waals surface area (Å²) in [6.45, 7) is 12.6. The fourth-order valence-electron chi connectivity index (χ4n) is 3.49. The zero-order chi connectivity index (χ0) is 35.1. The highest BCUT2D eigenvalue weighted by Crippen LogP contribution is 2.17. The number of nitrogens with two attached hydrogens (primary N) is 1. The van der Waals surface area contributed by atoms with Crippen molar-refractivity contribution in [1.82, 2.24) is 0 Å². The normalized spacial score (nSPS) is 11.4. The third-order valence-corrected chi connectivity index (χ3v) is 5.90. The number of nitro benzene ring substituents is 1. The molecule has 0 aliphatic carbocycles. The van der Waals surface area contributed by atoms with Crippen molar-refractivity contribution in [1.29, 1.82) is 0 Å². The molecule has 0 aliphatic rings. The summed E-state index contributed by atoms with van der Waals surface area (Å²) in [6.07, 6.45) is 0. The van der Waals surface area contributed by atoms with Gasteiger partial charge in [-0.2, -0.15) is 0 Å². The van der Waals surface area contributed by atoms with Crippen molar-refractivity contribution in [2.24, 2.45) is 5.73 Å². The largest absolute Gasteiger partial charge is 0.491 e. The maximum Gasteiger partial charge on any atom is 0.269 e. The Labute approximate surface area is 289 Å². The van der Waals surface area contributed by atoms with E-state index in [0.29, 0.717) is 177 Å². The molecule has 0 unspecified atom stereocenters. The Balaban J connectivity index is 1.64. The predicted octanol–water partition coefficient (Wildman–Crippen LogP) is 1.13. The summed E-state index contributed by atoms with van der Waals surface area (Å²) < 4.78 is 70.6. The second-order valence-electron chi connectivity index (χ2n) is 9.74. The van der Waals surface area contributed by atoms with Crippen LogP contribution in [0.3, 0.4) is 0 Å². The Morgan fingerprint density at radius 2 is 0.612 bits per heavy atom. The van der Waals surface area contributed by atoms with Crippen LogP contribution in [0.5, 0.6) is 5.75 Å². The van der Waals surface area contributed by atoms with Gasteiger partial charge in [-0.1, -0.05) is 0 Å². The van der Waals surface area contributed by atoms with Crippen molar-refractivity contribution in [3.05, 3.63) is 34.4 Å². The van der Waals surface area contributed by atoms with Crippen molar-refractivity contribution in [2.45, 2.75) is 0 Å². The van der Waals surface area contributed by atoms with Gasteiger partial charge in [0.1, 0.15) is 12.4 Å². The molecule has 0 aromatic heterocycles. The van der Waals surface area contributed by atoms with Crippen molar-refractivity contribution in [3.8, 4) is 5.75 Å². The van der Waals surface area contributed by atoms with Crippen LogP contribution in [-0.2, 0) is 56.8 Å². The van der Waals surface area contributed by atoms with Crippen LogP contribution in [0.25, 0.3) is 0 Å². The number of ether oxygens (including phenoxy) is 13. The van der Waals surface area contributed by atoms with E-state index in [-0.39, 0.29) is 5.69 Å². The molecule has 0 bridgehead atoms. The Morgan fingerprint density at radius 3 is 0.837 bits per heavy atom. The van der Waals surface area contributed by atoms with Crippen LogP contribution >= 0.6 is 0 Å². The van der Waals surface area contributed by atoms with E-state index in [4.69, 9.17) is 67.3 Å². The highest BCUT2D eigenvalue weighted by atomic mass is 16.6. The topological polar surface area (TPSA) is 189 Å². The Morgan fingerprint density at radius 1 is 0.388 bits per heavy atom. The molecular weight excluding hydrogens is 652 g/mol. The van der Waals surface area contributed by atoms with Crippen LogP contribution in [0.2, 0.25) is 0 Å². The van der Waals surface area contributed by atoms with Gasteiger partial charge in [0.05, 0.1) is 163 Å². The first kappa shape index (κ1) is 44.9. The monoisotopic (exact) mass is 710 g/mol. The smallest absolute Gasteiger partial charge is 0.269 e. The van der Waals surface area contributed by atoms with E-state index in [9.17, 15) is 10.1 Å². The molecule has 2 N–H and O–H groups in total. The van der Waals surface area contributed by atoms with Gasteiger partial charge in [0, 0.05) is 18.7 Å². The molecule has 49 heavy (non-hydrogen) atoms. The van der Waals surface area contributed by atoms with E-state index in [1.807, 2.05) is 0 Å². The molecule has 1 aromatic rings. The zero-order valence-corrected chi connectivity index (χ0v) is 28.8. The molecule has 0 saturated heterocycles. The molecule has 17 heteroatoms. The van der Waals surface area contributed by atoms with Crippen molar-refractivity contribution < 1.29 is 66.5 Å². The molecule has 0 spiro atoms. The van der Waals surface area contributed by atoms with E-state index in [1.165, 1.54) is 12.1 Å². The van der Waals surface area contributed by atoms with Crippen LogP contribution in [0.15, 0.2) is 24.3 Å². The molecule has 17 nitrogen and oxygen atoms in total. The van der Waals surface area contributed by atoms with Gasteiger partial charge in [0.25, 0.3) is 5.69 Å². The Hall–Kier alpha value is -2.10. The minimum atomic E-state index is -0.453. The number of non-ortho nitro benzene ring substituents is 1. The van der Waals surface area contributed by atoms with Gasteiger partial charge < -0.3 is 67.3 Å². The molecule has 0 fully saturated rings. The zero-order valence-electron chi connectivity index (χ0n) is 28.8. The lowest BCUT2D eigenvalue weighted by atomic mass is 10.3. The number of benzene rings is 1. The van der Waals surface area contributed by atoms with Gasteiger partial charge in [-0.25, -0.2) is 0 Å². The van der Waals surface area contributed by atoms with E-state index in [0.717, 1.165) is 0 Å². The van der Waals surface area contributed by atoms with Crippen LogP contribution < -0.4 is 10.5 Å². The fraction of sp³-hybridized carbons (Fsp3) is 0.812. The fourth-order valence-corrected chi connectivity index (χ4v) is 3.49. The molecule has 0 amide bonds. The lowest BCUT2D eigenvalue weighted by molar-refractivity contribution is -0.384. The molecule has 0 heterocycles. The first-order chi connectivity index (χ1) is 24.2. The standard InChI is InChI=1S/C32H58N2O15/c33-5-6-37-7-8-38-9-10-39-11-12-40-13-14-41-15-16-42-17-18-43-19-20-44-21-22-45-23-24-46-25-26-47-27-28-48-29-30-49-32-3-1-31(2-4-32)34(35)36/h1-4H,5-30,33H2. The van der Waals surface area contributed by atoms with Gasteiger partial charge in [0.15, 0.2) is 0 Å². The third kappa shape index (κ3) is 32.8. The average Bonchev–Trinajstić information content (AvgIpc) is 3.11. The van der Waals surface area contributed by atoms with Gasteiger partial charge in [-0.05, 0) is 12.1 Å². The summed E-state index contributed by atoms with van der Waals surface area (Å²) >= 11 is 0. The van der Waals surface area contributed by atoms with Crippen LogP contribution in [-0.4, -0.2) is 177 Å². The third-order valence-electron chi connectivity index (χ3n) is 5.90. The van der Waals surface area contributed by atoms with E-state index < -0.39 is 4.92 Å². The van der Waals surface area contributed by atoms with Gasteiger partial charge >= 0.3 is 0 Å². The molecular formula is C32H58N2O15. The van der Waals surface area contributed by atoms with Crippen molar-refractivity contribution in [3.63, 3.8) is 0 Å². The minimum Gasteiger partial charge on any atom is -0.491 e. The number of rotatable bonds is 40. The van der Waals surface area contributed by atoms with Crippen LogP contribution in [0, 0.1) is 10.1 Å². The van der Waals surface area contributed by atoms with E-state index >= 15 is 0 Å². The summed E-state index contributed by atoms with van der Waals surface area (Å²) in [6, 6.07) is 5.91. The van der Waals surface area contributed by atoms with Gasteiger partial charge in [-0.15, -0.1) is 0 Å². The van der Waals surface area contributed by atoms with E-state index in [2.05, 4.69) is 0 Å². The molecule has 0 aliphatic heterocycles. The highest BCUT2D eigenvalue weighted by molar-refractivity contribution is 5.35. The Kier molecular flexibility index (Phi) is 34.1. The number of nitrogens with zero attached hydrogens (tertiary/aromatic N) is 1. The van der Waals surface area contributed by atoms with Crippen LogP contribution in [0.1, 0.15) is 0 Å². The summed E-state index contributed by atoms with van der Waals surface area (Å²) in [4.78, 5) is 10.2. The van der Waals surface area contributed by atoms with Crippen molar-refractivity contribution in [2.75, 3.05) is 172 Å². The maximum absolute atomic E-state index is 10.6. The predicted molar refractivity (Wildman–Crippen MR) is 177 cm³/mol. The first-order valence-electron chi connectivity index (χ1n) is 16.7. The van der Waals surface area contributed by atoms with Gasteiger partial charge in [0.2, 0.25) is 0 Å². The maximum atomic E-state index is 10.6. The summed E-state index contributed by atoms with van der Waals surface area (Å²) in [7, 11) is 0. The SMILES string of the molecule is NCCOCCOCCOCCOCCOCCOCCOCCOCCOCCOCCOCCOCCOc1ccc([N+](=O)[O-])cc1. The molecule has 1 aromatic carbocycles. The molecule has 0 atom stereocenters.